The highest BCUT2D eigenvalue weighted by Gasteiger charge is 2.38. The third kappa shape index (κ3) is 4.15. The minimum Gasteiger partial charge on any atom is -0.427 e. The van der Waals surface area contributed by atoms with Crippen molar-refractivity contribution in [2.75, 3.05) is 0 Å². The molecule has 0 atom stereocenters. The fourth-order valence-corrected chi connectivity index (χ4v) is 1.34. The van der Waals surface area contributed by atoms with Crippen molar-refractivity contribution in [3.63, 3.8) is 0 Å². The maximum absolute atomic E-state index is 9.92. The summed E-state index contributed by atoms with van der Waals surface area (Å²) in [7, 11) is -0.918. The summed E-state index contributed by atoms with van der Waals surface area (Å²) in [6.07, 6.45) is 0.417. The lowest BCUT2D eigenvalue weighted by Crippen LogP contribution is -2.50. The molecule has 0 saturated carbocycles. The Morgan fingerprint density at radius 3 is 2.12 bits per heavy atom. The van der Waals surface area contributed by atoms with Gasteiger partial charge in [0.2, 0.25) is 0 Å². The molecule has 0 aliphatic heterocycles. The molecule has 1 aromatic carbocycles. The van der Waals surface area contributed by atoms with Crippen LogP contribution >= 0.6 is 0 Å². The minimum atomic E-state index is -1.01. The van der Waals surface area contributed by atoms with Crippen LogP contribution < -0.4 is 0 Å². The predicted octanol–water partition coefficient (Wildman–Crippen LogP) is 1.81. The number of rotatable bonds is 5. The van der Waals surface area contributed by atoms with Crippen molar-refractivity contribution in [3.8, 4) is 0 Å². The summed E-state index contributed by atoms with van der Waals surface area (Å²) in [5.74, 6) is 0. The van der Waals surface area contributed by atoms with Gasteiger partial charge in [-0.05, 0) is 27.7 Å². The Hall–Kier alpha value is -0.835. The smallest absolute Gasteiger partial charge is 0.427 e. The van der Waals surface area contributed by atoms with E-state index >= 15 is 0 Å². The van der Waals surface area contributed by atoms with Gasteiger partial charge in [-0.3, -0.25) is 0 Å². The monoisotopic (exact) mass is 236 g/mol. The second kappa shape index (κ2) is 5.21. The Labute approximate surface area is 104 Å². The highest BCUT2D eigenvalue weighted by atomic mass is 16.5. The number of hydrogen-bond acceptors (Lipinski definition) is 3. The first-order chi connectivity index (χ1) is 7.72. The van der Waals surface area contributed by atoms with E-state index in [2.05, 4.69) is 0 Å². The molecule has 0 aliphatic rings. The van der Waals surface area contributed by atoms with Gasteiger partial charge >= 0.3 is 7.12 Å². The van der Waals surface area contributed by atoms with Crippen LogP contribution in [-0.4, -0.2) is 28.5 Å². The molecule has 0 spiro atoms. The van der Waals surface area contributed by atoms with Crippen LogP contribution in [0.5, 0.6) is 0 Å². The van der Waals surface area contributed by atoms with Gasteiger partial charge < -0.3 is 14.8 Å². The molecule has 0 heterocycles. The van der Waals surface area contributed by atoms with E-state index in [1.54, 1.807) is 27.7 Å². The van der Waals surface area contributed by atoms with Crippen LogP contribution in [0, 0.1) is 0 Å². The van der Waals surface area contributed by atoms with E-state index in [4.69, 9.17) is 4.65 Å². The normalized spacial score (nSPS) is 12.6. The average molecular weight is 236 g/mol. The molecule has 0 fully saturated rings. The highest BCUT2D eigenvalue weighted by molar-refractivity contribution is 6.42. The Kier molecular flexibility index (Phi) is 4.36. The molecular weight excluding hydrogens is 215 g/mol. The topological polar surface area (TPSA) is 49.7 Å². The summed E-state index contributed by atoms with van der Waals surface area (Å²) in [5.41, 5.74) is -0.808. The third-order valence-corrected chi connectivity index (χ3v) is 3.16. The van der Waals surface area contributed by atoms with Crippen LogP contribution in [0.15, 0.2) is 30.3 Å². The first-order valence-corrected chi connectivity index (χ1v) is 5.84. The van der Waals surface area contributed by atoms with Gasteiger partial charge in [0.1, 0.15) is 0 Å². The van der Waals surface area contributed by atoms with E-state index < -0.39 is 18.3 Å². The quantitative estimate of drug-likeness (QED) is 0.766. The van der Waals surface area contributed by atoms with Crippen molar-refractivity contribution in [1.82, 2.24) is 0 Å². The Bertz CT molecular complexity index is 343. The van der Waals surface area contributed by atoms with Crippen molar-refractivity contribution in [1.29, 1.82) is 0 Å². The molecule has 0 unspecified atom stereocenters. The average Bonchev–Trinajstić information content (AvgIpc) is 2.16. The van der Waals surface area contributed by atoms with Crippen LogP contribution in [0.25, 0.3) is 0 Å². The molecule has 0 aromatic heterocycles. The molecule has 1 aromatic rings. The zero-order chi connectivity index (χ0) is 13.1. The van der Waals surface area contributed by atoms with E-state index in [0.717, 1.165) is 5.56 Å². The lowest BCUT2D eigenvalue weighted by Gasteiger charge is -2.38. The molecule has 1 rings (SSSR count). The zero-order valence-corrected chi connectivity index (χ0v) is 11.0. The largest absolute Gasteiger partial charge is 0.459 e. The molecule has 0 amide bonds. The van der Waals surface area contributed by atoms with Crippen LogP contribution in [0.2, 0.25) is 0 Å². The Morgan fingerprint density at radius 1 is 1.12 bits per heavy atom. The van der Waals surface area contributed by atoms with E-state index in [-0.39, 0.29) is 0 Å². The second-order valence-corrected chi connectivity index (χ2v) is 5.33. The summed E-state index contributed by atoms with van der Waals surface area (Å²) >= 11 is 0. The molecule has 0 bridgehead atoms. The van der Waals surface area contributed by atoms with Crippen LogP contribution in [0.4, 0.5) is 0 Å². The Morgan fingerprint density at radius 2 is 1.65 bits per heavy atom. The SMILES string of the molecule is CC(C)(O)C(C)(C)OB(O)Cc1ccccc1. The maximum atomic E-state index is 9.92. The number of aliphatic hydroxyl groups is 1. The molecule has 0 radical (unpaired) electrons. The van der Waals surface area contributed by atoms with Crippen molar-refractivity contribution in [2.24, 2.45) is 0 Å². The van der Waals surface area contributed by atoms with Gasteiger partial charge in [-0.15, -0.1) is 0 Å². The van der Waals surface area contributed by atoms with Crippen LogP contribution in [-0.2, 0) is 11.0 Å². The molecule has 0 saturated heterocycles. The third-order valence-electron chi connectivity index (χ3n) is 3.16. The molecule has 94 valence electrons. The van der Waals surface area contributed by atoms with Crippen molar-refractivity contribution < 1.29 is 14.8 Å². The van der Waals surface area contributed by atoms with E-state index in [1.165, 1.54) is 0 Å². The fraction of sp³-hybridized carbons (Fsp3) is 0.538. The summed E-state index contributed by atoms with van der Waals surface area (Å²) in [6, 6.07) is 9.64. The van der Waals surface area contributed by atoms with Crippen molar-refractivity contribution >= 4 is 7.12 Å². The van der Waals surface area contributed by atoms with Crippen molar-refractivity contribution in [2.45, 2.75) is 45.2 Å². The van der Waals surface area contributed by atoms with Gasteiger partial charge in [-0.25, -0.2) is 0 Å². The predicted molar refractivity (Wildman–Crippen MR) is 69.6 cm³/mol. The van der Waals surface area contributed by atoms with Gasteiger partial charge in [0.25, 0.3) is 0 Å². The fourth-order valence-electron chi connectivity index (χ4n) is 1.34. The maximum Gasteiger partial charge on any atom is 0.459 e. The summed E-state index contributed by atoms with van der Waals surface area (Å²) in [4.78, 5) is 0. The first-order valence-electron chi connectivity index (χ1n) is 5.84. The number of benzene rings is 1. The standard InChI is InChI=1S/C13H21BO3/c1-12(2,15)13(3,4)17-14(16)10-11-8-6-5-7-9-11/h5-9,15-16H,10H2,1-4H3. The van der Waals surface area contributed by atoms with E-state index in [9.17, 15) is 10.1 Å². The molecule has 2 N–H and O–H groups in total. The van der Waals surface area contributed by atoms with Gasteiger partial charge in [0.15, 0.2) is 0 Å². The second-order valence-electron chi connectivity index (χ2n) is 5.33. The summed E-state index contributed by atoms with van der Waals surface area (Å²) < 4.78 is 5.51. The highest BCUT2D eigenvalue weighted by Crippen LogP contribution is 2.25. The molecule has 17 heavy (non-hydrogen) atoms. The van der Waals surface area contributed by atoms with Crippen LogP contribution in [0.1, 0.15) is 33.3 Å². The van der Waals surface area contributed by atoms with Crippen LogP contribution in [0.3, 0.4) is 0 Å². The van der Waals surface area contributed by atoms with Gasteiger partial charge in [-0.2, -0.15) is 0 Å². The van der Waals surface area contributed by atoms with Gasteiger partial charge in [0.05, 0.1) is 11.2 Å². The molecular formula is C13H21BO3. The van der Waals surface area contributed by atoms with Gasteiger partial charge in [0, 0.05) is 6.32 Å². The van der Waals surface area contributed by atoms with E-state index in [1.807, 2.05) is 30.3 Å². The lowest BCUT2D eigenvalue weighted by atomic mass is 9.78. The van der Waals surface area contributed by atoms with E-state index in [0.29, 0.717) is 6.32 Å². The number of hydrogen-bond donors (Lipinski definition) is 2. The molecule has 4 heteroatoms. The van der Waals surface area contributed by atoms with Crippen molar-refractivity contribution in [3.05, 3.63) is 35.9 Å². The Balaban J connectivity index is 2.59. The summed E-state index contributed by atoms with van der Waals surface area (Å²) in [6.45, 7) is 6.87. The molecule has 0 aliphatic carbocycles. The first kappa shape index (κ1) is 14.2. The zero-order valence-electron chi connectivity index (χ0n) is 11.0. The summed E-state index contributed by atoms with van der Waals surface area (Å²) in [5, 5.41) is 19.8. The molecule has 3 nitrogen and oxygen atoms in total. The van der Waals surface area contributed by atoms with Gasteiger partial charge in [-0.1, -0.05) is 35.9 Å². The lowest BCUT2D eigenvalue weighted by molar-refractivity contribution is -0.100. The minimum absolute atomic E-state index is 0.417.